The molecule has 0 spiro atoms. The topological polar surface area (TPSA) is 4.93 Å². The van der Waals surface area contributed by atoms with Gasteiger partial charge in [-0.15, -0.1) is 0 Å². The minimum atomic E-state index is 1.15. The average Bonchev–Trinajstić information content (AvgIpc) is 3.14. The molecule has 0 aliphatic carbocycles. The molecular formula is C30H25N. The van der Waals surface area contributed by atoms with Gasteiger partial charge in [0.1, 0.15) is 0 Å². The van der Waals surface area contributed by atoms with Crippen LogP contribution >= 0.6 is 0 Å². The zero-order chi connectivity index (χ0) is 21.4. The number of nitrogens with zero attached hydrogens (tertiary/aromatic N) is 1. The largest absolute Gasteiger partial charge is 0.309 e. The van der Waals surface area contributed by atoms with Gasteiger partial charge in [0.2, 0.25) is 0 Å². The second kappa shape index (κ2) is 7.77. The number of benzene rings is 4. The first-order chi connectivity index (χ1) is 15.2. The van der Waals surface area contributed by atoms with E-state index in [9.17, 15) is 0 Å². The van der Waals surface area contributed by atoms with Crippen molar-refractivity contribution in [1.29, 1.82) is 0 Å². The highest BCUT2D eigenvalue weighted by Crippen LogP contribution is 2.38. The van der Waals surface area contributed by atoms with Gasteiger partial charge in [0, 0.05) is 16.5 Å². The molecule has 31 heavy (non-hydrogen) atoms. The predicted octanol–water partition coefficient (Wildman–Crippen LogP) is 8.44. The summed E-state index contributed by atoms with van der Waals surface area (Å²) in [6.45, 7) is 8.25. The summed E-state index contributed by atoms with van der Waals surface area (Å²) >= 11 is 0. The summed E-state index contributed by atoms with van der Waals surface area (Å²) in [5.74, 6) is 0. The third-order valence-corrected chi connectivity index (χ3v) is 5.96. The second-order valence-corrected chi connectivity index (χ2v) is 7.94. The summed E-state index contributed by atoms with van der Waals surface area (Å²) in [6.07, 6.45) is 6.26. The Morgan fingerprint density at radius 1 is 0.774 bits per heavy atom. The van der Waals surface area contributed by atoms with E-state index in [1.807, 2.05) is 6.08 Å². The summed E-state index contributed by atoms with van der Waals surface area (Å²) in [4.78, 5) is 0. The van der Waals surface area contributed by atoms with Crippen LogP contribution in [-0.4, -0.2) is 4.57 Å². The van der Waals surface area contributed by atoms with Gasteiger partial charge in [-0.25, -0.2) is 0 Å². The van der Waals surface area contributed by atoms with Crippen LogP contribution in [0.4, 0.5) is 0 Å². The van der Waals surface area contributed by atoms with Crippen LogP contribution in [0.25, 0.3) is 50.8 Å². The molecule has 1 nitrogen and oxygen atoms in total. The van der Waals surface area contributed by atoms with Crippen LogP contribution in [0.2, 0.25) is 0 Å². The number of fused-ring (bicyclic) bond motifs is 3. The highest BCUT2D eigenvalue weighted by atomic mass is 15.0. The number of para-hydroxylation sites is 1. The van der Waals surface area contributed by atoms with E-state index in [4.69, 9.17) is 0 Å². The SMILES string of the molecule is C=Cc1ccc2c(c1/C=C\C)c1cc(-c3ccc(C)cc3)ccc1n2-c1ccccc1. The summed E-state index contributed by atoms with van der Waals surface area (Å²) < 4.78 is 2.36. The third-order valence-electron chi connectivity index (χ3n) is 5.96. The Kier molecular flexibility index (Phi) is 4.80. The van der Waals surface area contributed by atoms with Crippen molar-refractivity contribution in [3.8, 4) is 16.8 Å². The summed E-state index contributed by atoms with van der Waals surface area (Å²) in [5, 5.41) is 2.53. The standard InChI is InChI=1S/C30H25N/c1-4-9-26-22(5-2)16-19-29-30(26)27-20-24(23-14-12-21(3)13-15-23)17-18-28(27)31(29)25-10-7-6-8-11-25/h4-20H,2H2,1,3H3/b9-4-. The molecule has 0 bridgehead atoms. The maximum absolute atomic E-state index is 4.06. The number of aryl methyl sites for hydroxylation is 1. The van der Waals surface area contributed by atoms with Crippen molar-refractivity contribution in [3.05, 3.63) is 114 Å². The zero-order valence-corrected chi connectivity index (χ0v) is 18.0. The van der Waals surface area contributed by atoms with Gasteiger partial charge in [-0.3, -0.25) is 0 Å². The van der Waals surface area contributed by atoms with Crippen LogP contribution in [0.1, 0.15) is 23.6 Å². The second-order valence-electron chi connectivity index (χ2n) is 7.94. The summed E-state index contributed by atoms with van der Waals surface area (Å²) in [6, 6.07) is 30.6. The molecule has 0 radical (unpaired) electrons. The van der Waals surface area contributed by atoms with E-state index >= 15 is 0 Å². The fourth-order valence-corrected chi connectivity index (χ4v) is 4.46. The molecule has 0 fully saturated rings. The highest BCUT2D eigenvalue weighted by Gasteiger charge is 2.16. The van der Waals surface area contributed by atoms with Gasteiger partial charge in [-0.2, -0.15) is 0 Å². The van der Waals surface area contributed by atoms with Crippen LogP contribution in [0.3, 0.4) is 0 Å². The van der Waals surface area contributed by atoms with E-state index in [1.54, 1.807) is 0 Å². The maximum Gasteiger partial charge on any atom is 0.0547 e. The monoisotopic (exact) mass is 399 g/mol. The molecule has 0 saturated carbocycles. The van der Waals surface area contributed by atoms with Crippen molar-refractivity contribution in [2.24, 2.45) is 0 Å². The van der Waals surface area contributed by atoms with Crippen LogP contribution in [0.15, 0.2) is 97.6 Å². The first kappa shape index (κ1) is 19.1. The minimum Gasteiger partial charge on any atom is -0.309 e. The molecular weight excluding hydrogens is 374 g/mol. The molecule has 5 aromatic rings. The van der Waals surface area contributed by atoms with Crippen molar-refractivity contribution in [2.75, 3.05) is 0 Å². The van der Waals surface area contributed by atoms with Gasteiger partial charge < -0.3 is 4.57 Å². The Bertz CT molecular complexity index is 1430. The number of hydrogen-bond acceptors (Lipinski definition) is 0. The van der Waals surface area contributed by atoms with E-state index in [-0.39, 0.29) is 0 Å². The van der Waals surface area contributed by atoms with Gasteiger partial charge in [0.15, 0.2) is 0 Å². The average molecular weight is 400 g/mol. The Hall–Kier alpha value is -3.84. The Morgan fingerprint density at radius 3 is 2.19 bits per heavy atom. The molecule has 1 heterocycles. The first-order valence-electron chi connectivity index (χ1n) is 10.7. The summed E-state index contributed by atoms with van der Waals surface area (Å²) in [5.41, 5.74) is 9.70. The fraction of sp³-hybridized carbons (Fsp3) is 0.0667. The van der Waals surface area contributed by atoms with E-state index in [2.05, 4.69) is 122 Å². The predicted molar refractivity (Wildman–Crippen MR) is 136 cm³/mol. The van der Waals surface area contributed by atoms with Gasteiger partial charge in [-0.05, 0) is 66.4 Å². The van der Waals surface area contributed by atoms with Gasteiger partial charge >= 0.3 is 0 Å². The normalized spacial score (nSPS) is 11.5. The van der Waals surface area contributed by atoms with Crippen molar-refractivity contribution in [3.63, 3.8) is 0 Å². The Labute approximate surface area is 183 Å². The van der Waals surface area contributed by atoms with E-state index in [0.717, 1.165) is 5.56 Å². The van der Waals surface area contributed by atoms with Crippen LogP contribution < -0.4 is 0 Å². The lowest BCUT2D eigenvalue weighted by molar-refractivity contribution is 1.18. The van der Waals surface area contributed by atoms with Gasteiger partial charge in [0.05, 0.1) is 11.0 Å². The lowest BCUT2D eigenvalue weighted by atomic mass is 9.97. The van der Waals surface area contributed by atoms with Crippen molar-refractivity contribution < 1.29 is 0 Å². The number of hydrogen-bond donors (Lipinski definition) is 0. The Balaban J connectivity index is 1.92. The molecule has 5 rings (SSSR count). The van der Waals surface area contributed by atoms with Crippen molar-refractivity contribution in [2.45, 2.75) is 13.8 Å². The van der Waals surface area contributed by atoms with Crippen LogP contribution in [0, 0.1) is 6.92 Å². The molecule has 0 amide bonds. The molecule has 1 heteroatoms. The van der Waals surface area contributed by atoms with E-state index < -0.39 is 0 Å². The molecule has 0 unspecified atom stereocenters. The zero-order valence-electron chi connectivity index (χ0n) is 18.0. The lowest BCUT2D eigenvalue weighted by Gasteiger charge is -2.09. The van der Waals surface area contributed by atoms with Crippen LogP contribution in [-0.2, 0) is 0 Å². The van der Waals surface area contributed by atoms with E-state index in [0.29, 0.717) is 0 Å². The molecule has 0 aliphatic rings. The highest BCUT2D eigenvalue weighted by molar-refractivity contribution is 6.14. The number of allylic oxidation sites excluding steroid dienone is 1. The quantitative estimate of drug-likeness (QED) is 0.286. The van der Waals surface area contributed by atoms with E-state index in [1.165, 1.54) is 49.7 Å². The van der Waals surface area contributed by atoms with Gasteiger partial charge in [-0.1, -0.05) is 85.0 Å². The van der Waals surface area contributed by atoms with Crippen molar-refractivity contribution in [1.82, 2.24) is 4.57 Å². The minimum absolute atomic E-state index is 1.15. The van der Waals surface area contributed by atoms with Crippen LogP contribution in [0.5, 0.6) is 0 Å². The molecule has 1 aromatic heterocycles. The molecule has 4 aromatic carbocycles. The number of aromatic nitrogens is 1. The number of rotatable bonds is 4. The van der Waals surface area contributed by atoms with Gasteiger partial charge in [0.25, 0.3) is 0 Å². The van der Waals surface area contributed by atoms with Crippen molar-refractivity contribution >= 4 is 34.0 Å². The fourth-order valence-electron chi connectivity index (χ4n) is 4.46. The molecule has 0 saturated heterocycles. The summed E-state index contributed by atoms with van der Waals surface area (Å²) in [7, 11) is 0. The first-order valence-corrected chi connectivity index (χ1v) is 10.7. The Morgan fingerprint density at radius 2 is 1.48 bits per heavy atom. The molecule has 0 N–H and O–H groups in total. The lowest BCUT2D eigenvalue weighted by Crippen LogP contribution is -1.93. The molecule has 0 aliphatic heterocycles. The molecule has 150 valence electrons. The molecule has 0 atom stereocenters. The maximum atomic E-state index is 4.06. The smallest absolute Gasteiger partial charge is 0.0547 e. The third kappa shape index (κ3) is 3.19.